The molecule has 1 unspecified atom stereocenters. The Bertz CT molecular complexity index is 1010. The van der Waals surface area contributed by atoms with Crippen LogP contribution in [-0.4, -0.2) is 53.7 Å². The van der Waals surface area contributed by atoms with Gasteiger partial charge in [-0.2, -0.15) is 0 Å². The van der Waals surface area contributed by atoms with Crippen molar-refractivity contribution in [2.24, 2.45) is 5.41 Å². The van der Waals surface area contributed by atoms with Crippen molar-refractivity contribution in [2.75, 3.05) is 19.7 Å². The first kappa shape index (κ1) is 22.8. The maximum Gasteiger partial charge on any atom is 0.407 e. The third-order valence-corrected chi connectivity index (χ3v) is 7.04. The lowest BCUT2D eigenvalue weighted by Crippen LogP contribution is -2.52. The minimum Gasteiger partial charge on any atom is -0.481 e. The number of likely N-dealkylation sites (tertiary alicyclic amines) is 1. The number of rotatable bonds is 6. The molecule has 7 nitrogen and oxygen atoms in total. The highest BCUT2D eigenvalue weighted by Crippen LogP contribution is 2.44. The molecule has 1 aliphatic carbocycles. The first-order valence-corrected chi connectivity index (χ1v) is 11.5. The van der Waals surface area contributed by atoms with Crippen molar-refractivity contribution in [3.05, 3.63) is 59.7 Å². The summed E-state index contributed by atoms with van der Waals surface area (Å²) in [6.45, 7) is 4.46. The summed E-state index contributed by atoms with van der Waals surface area (Å²) in [4.78, 5) is 38.6. The molecular weight excluding hydrogens is 420 g/mol. The number of benzene rings is 2. The van der Waals surface area contributed by atoms with Gasteiger partial charge in [-0.25, -0.2) is 4.79 Å². The molecule has 0 bridgehead atoms. The molecule has 7 heteroatoms. The van der Waals surface area contributed by atoms with Crippen molar-refractivity contribution in [3.63, 3.8) is 0 Å². The Hall–Kier alpha value is -3.35. The quantitative estimate of drug-likeness (QED) is 0.693. The molecule has 1 atom stereocenters. The Morgan fingerprint density at radius 3 is 2.12 bits per heavy atom. The Balaban J connectivity index is 1.36. The second-order valence-corrected chi connectivity index (χ2v) is 9.12. The second kappa shape index (κ2) is 9.25. The predicted octanol–water partition coefficient (Wildman–Crippen LogP) is 4.02. The van der Waals surface area contributed by atoms with Crippen LogP contribution in [0.2, 0.25) is 0 Å². The van der Waals surface area contributed by atoms with Crippen molar-refractivity contribution in [3.8, 4) is 11.1 Å². The minimum absolute atomic E-state index is 0.0466. The van der Waals surface area contributed by atoms with Gasteiger partial charge in [0.25, 0.3) is 0 Å². The van der Waals surface area contributed by atoms with Gasteiger partial charge in [0.05, 0.1) is 5.41 Å². The summed E-state index contributed by atoms with van der Waals surface area (Å²) in [7, 11) is 0. The number of nitrogens with zero attached hydrogens (tertiary/aromatic N) is 1. The van der Waals surface area contributed by atoms with Gasteiger partial charge in [0.1, 0.15) is 12.6 Å². The smallest absolute Gasteiger partial charge is 0.407 e. The van der Waals surface area contributed by atoms with Crippen LogP contribution in [0.4, 0.5) is 4.79 Å². The van der Waals surface area contributed by atoms with Crippen molar-refractivity contribution >= 4 is 18.0 Å². The van der Waals surface area contributed by atoms with E-state index in [1.807, 2.05) is 31.2 Å². The van der Waals surface area contributed by atoms with E-state index in [2.05, 4.69) is 29.6 Å². The maximum atomic E-state index is 12.9. The molecule has 2 aromatic rings. The number of fused-ring (bicyclic) bond motifs is 3. The molecule has 2 amide bonds. The molecule has 2 N–H and O–H groups in total. The standard InChI is InChI=1S/C26H30N2O5/c1-3-22(23(29)28-14-12-26(2,13-15-28)24(30)31)27-25(32)33-16-21-19-10-6-4-8-17(19)18-9-5-7-11-20(18)21/h4-11,21-22H,3,12-16H2,1-2H3,(H,27,32)(H,30,31). The molecule has 33 heavy (non-hydrogen) atoms. The van der Waals surface area contributed by atoms with Gasteiger partial charge in [0, 0.05) is 19.0 Å². The van der Waals surface area contributed by atoms with Crippen LogP contribution in [0.5, 0.6) is 0 Å². The number of hydrogen-bond donors (Lipinski definition) is 2. The van der Waals surface area contributed by atoms with Gasteiger partial charge in [0.15, 0.2) is 0 Å². The Morgan fingerprint density at radius 1 is 1.06 bits per heavy atom. The van der Waals surface area contributed by atoms with Crippen LogP contribution in [0, 0.1) is 5.41 Å². The van der Waals surface area contributed by atoms with Gasteiger partial charge >= 0.3 is 12.1 Å². The average molecular weight is 451 g/mol. The van der Waals surface area contributed by atoms with Gasteiger partial charge < -0.3 is 20.1 Å². The number of piperidine rings is 1. The Kier molecular flexibility index (Phi) is 6.40. The zero-order valence-electron chi connectivity index (χ0n) is 19.0. The van der Waals surface area contributed by atoms with Gasteiger partial charge in [0.2, 0.25) is 5.91 Å². The fourth-order valence-corrected chi connectivity index (χ4v) is 4.78. The summed E-state index contributed by atoms with van der Waals surface area (Å²) in [6, 6.07) is 15.5. The summed E-state index contributed by atoms with van der Waals surface area (Å²) in [5, 5.41) is 12.1. The summed E-state index contributed by atoms with van der Waals surface area (Å²) in [5.74, 6) is -1.08. The van der Waals surface area contributed by atoms with E-state index < -0.39 is 23.5 Å². The first-order chi connectivity index (χ1) is 15.8. The molecule has 2 aliphatic rings. The molecule has 1 saturated heterocycles. The fraction of sp³-hybridized carbons (Fsp3) is 0.423. The van der Waals surface area contributed by atoms with Crippen LogP contribution in [0.3, 0.4) is 0 Å². The zero-order valence-corrected chi connectivity index (χ0v) is 19.0. The molecule has 0 radical (unpaired) electrons. The van der Waals surface area contributed by atoms with Crippen molar-refractivity contribution in [1.82, 2.24) is 10.2 Å². The third-order valence-electron chi connectivity index (χ3n) is 7.04. The topological polar surface area (TPSA) is 95.9 Å². The van der Waals surface area contributed by atoms with Crippen LogP contribution in [-0.2, 0) is 14.3 Å². The predicted molar refractivity (Wildman–Crippen MR) is 124 cm³/mol. The Labute approximate surface area is 193 Å². The maximum absolute atomic E-state index is 12.9. The highest BCUT2D eigenvalue weighted by Gasteiger charge is 2.39. The first-order valence-electron chi connectivity index (χ1n) is 11.5. The van der Waals surface area contributed by atoms with E-state index in [9.17, 15) is 19.5 Å². The number of carbonyl (C=O) groups excluding carboxylic acids is 2. The molecule has 1 fully saturated rings. The van der Waals surface area contributed by atoms with Crippen LogP contribution in [0.1, 0.15) is 50.2 Å². The van der Waals surface area contributed by atoms with E-state index >= 15 is 0 Å². The molecule has 0 aromatic heterocycles. The van der Waals surface area contributed by atoms with Crippen LogP contribution in [0.25, 0.3) is 11.1 Å². The van der Waals surface area contributed by atoms with Gasteiger partial charge in [-0.15, -0.1) is 0 Å². The SMILES string of the molecule is CCC(NC(=O)OCC1c2ccccc2-c2ccccc21)C(=O)N1CCC(C)(C(=O)O)CC1. The third kappa shape index (κ3) is 4.45. The van der Waals surface area contributed by atoms with Gasteiger partial charge in [-0.3, -0.25) is 9.59 Å². The van der Waals surface area contributed by atoms with Crippen molar-refractivity contribution in [2.45, 2.75) is 45.1 Å². The summed E-state index contributed by atoms with van der Waals surface area (Å²) in [6.07, 6.45) is 0.602. The molecule has 0 saturated carbocycles. The number of aliphatic carboxylic acids is 1. The molecule has 2 aromatic carbocycles. The number of hydrogen-bond acceptors (Lipinski definition) is 4. The van der Waals surface area contributed by atoms with E-state index in [1.54, 1.807) is 11.8 Å². The van der Waals surface area contributed by atoms with E-state index in [4.69, 9.17) is 4.74 Å². The van der Waals surface area contributed by atoms with E-state index in [0.717, 1.165) is 22.3 Å². The van der Waals surface area contributed by atoms with Crippen LogP contribution < -0.4 is 5.32 Å². The highest BCUT2D eigenvalue weighted by atomic mass is 16.5. The lowest BCUT2D eigenvalue weighted by Gasteiger charge is -2.37. The van der Waals surface area contributed by atoms with Crippen LogP contribution in [0.15, 0.2) is 48.5 Å². The molecule has 0 spiro atoms. The number of amides is 2. The number of carboxylic acid groups (broad SMARTS) is 1. The normalized spacial score (nSPS) is 17.6. The summed E-state index contributed by atoms with van der Waals surface area (Å²) in [5.41, 5.74) is 3.76. The Morgan fingerprint density at radius 2 is 1.61 bits per heavy atom. The van der Waals surface area contributed by atoms with Crippen LogP contribution >= 0.6 is 0 Å². The number of carbonyl (C=O) groups is 3. The summed E-state index contributed by atoms with van der Waals surface area (Å²) >= 11 is 0. The molecule has 1 aliphatic heterocycles. The average Bonchev–Trinajstić information content (AvgIpc) is 3.15. The second-order valence-electron chi connectivity index (χ2n) is 9.12. The number of carboxylic acids is 1. The lowest BCUT2D eigenvalue weighted by atomic mass is 9.80. The molecule has 4 rings (SSSR count). The van der Waals surface area contributed by atoms with E-state index in [-0.39, 0.29) is 18.4 Å². The molecule has 174 valence electrons. The molecule has 1 heterocycles. The lowest BCUT2D eigenvalue weighted by molar-refractivity contribution is -0.153. The largest absolute Gasteiger partial charge is 0.481 e. The van der Waals surface area contributed by atoms with E-state index in [1.165, 1.54) is 0 Å². The zero-order chi connectivity index (χ0) is 23.6. The van der Waals surface area contributed by atoms with Crippen molar-refractivity contribution in [1.29, 1.82) is 0 Å². The minimum atomic E-state index is -0.835. The highest BCUT2D eigenvalue weighted by molar-refractivity contribution is 5.86. The number of nitrogens with one attached hydrogen (secondary N) is 1. The van der Waals surface area contributed by atoms with Crippen molar-refractivity contribution < 1.29 is 24.2 Å². The number of alkyl carbamates (subject to hydrolysis) is 1. The monoisotopic (exact) mass is 450 g/mol. The van der Waals surface area contributed by atoms with Gasteiger partial charge in [-0.05, 0) is 48.4 Å². The van der Waals surface area contributed by atoms with E-state index in [0.29, 0.717) is 32.4 Å². The summed E-state index contributed by atoms with van der Waals surface area (Å²) < 4.78 is 5.58. The molecular formula is C26H30N2O5. The number of ether oxygens (including phenoxy) is 1. The van der Waals surface area contributed by atoms with Gasteiger partial charge in [-0.1, -0.05) is 55.5 Å². The fourth-order valence-electron chi connectivity index (χ4n) is 4.78.